The lowest BCUT2D eigenvalue weighted by Crippen LogP contribution is -2.13. The fourth-order valence-electron chi connectivity index (χ4n) is 2.94. The predicted molar refractivity (Wildman–Crippen MR) is 125 cm³/mol. The highest BCUT2D eigenvalue weighted by atomic mass is 35.5. The Morgan fingerprint density at radius 2 is 1.47 bits per heavy atom. The van der Waals surface area contributed by atoms with Gasteiger partial charge in [-0.25, -0.2) is 0 Å². The van der Waals surface area contributed by atoms with E-state index >= 15 is 0 Å². The van der Waals surface area contributed by atoms with Gasteiger partial charge >= 0.3 is 0 Å². The van der Waals surface area contributed by atoms with E-state index in [2.05, 4.69) is 36.5 Å². The minimum absolute atomic E-state index is 0.289. The largest absolute Gasteiger partial charge is 0.490 e. The maximum Gasteiger partial charge on any atom is 0.163 e. The van der Waals surface area contributed by atoms with Gasteiger partial charge in [-0.2, -0.15) is 0 Å². The first-order chi connectivity index (χ1) is 14.5. The normalized spacial score (nSPS) is 10.8. The summed E-state index contributed by atoms with van der Waals surface area (Å²) in [7, 11) is 0. The van der Waals surface area contributed by atoms with Crippen molar-refractivity contribution < 1.29 is 9.47 Å². The Morgan fingerprint density at radius 3 is 2.17 bits per heavy atom. The summed E-state index contributed by atoms with van der Waals surface area (Å²) in [6.45, 7) is 6.21. The fraction of sp³-hybridized carbons (Fsp3) is 0.250. The van der Waals surface area contributed by atoms with Crippen molar-refractivity contribution in [3.8, 4) is 11.5 Å². The Hall–Kier alpha value is -1.91. The molecule has 0 radical (unpaired) electrons. The van der Waals surface area contributed by atoms with Crippen LogP contribution in [0.2, 0.25) is 15.1 Å². The molecule has 6 heteroatoms. The monoisotopic (exact) mass is 463 g/mol. The summed E-state index contributed by atoms with van der Waals surface area (Å²) < 4.78 is 11.7. The summed E-state index contributed by atoms with van der Waals surface area (Å²) in [4.78, 5) is 0. The zero-order valence-electron chi connectivity index (χ0n) is 17.0. The second kappa shape index (κ2) is 10.9. The molecule has 1 N–H and O–H groups in total. The molecule has 0 saturated heterocycles. The second-order valence-electron chi connectivity index (χ2n) is 6.94. The first kappa shape index (κ1) is 22.8. The van der Waals surface area contributed by atoms with Crippen molar-refractivity contribution in [2.75, 3.05) is 6.61 Å². The molecule has 0 saturated carbocycles. The molecule has 0 aliphatic carbocycles. The lowest BCUT2D eigenvalue weighted by atomic mass is 10.1. The van der Waals surface area contributed by atoms with E-state index in [1.807, 2.05) is 19.1 Å². The molecule has 30 heavy (non-hydrogen) atoms. The molecule has 0 aliphatic rings. The van der Waals surface area contributed by atoms with Crippen LogP contribution in [0.5, 0.6) is 11.5 Å². The van der Waals surface area contributed by atoms with E-state index in [0.29, 0.717) is 39.7 Å². The fourth-order valence-corrected chi connectivity index (χ4v) is 3.62. The second-order valence-corrected chi connectivity index (χ2v) is 8.19. The average Bonchev–Trinajstić information content (AvgIpc) is 2.71. The van der Waals surface area contributed by atoms with Crippen LogP contribution in [-0.2, 0) is 19.7 Å². The number of ether oxygens (including phenoxy) is 2. The smallest absolute Gasteiger partial charge is 0.163 e. The van der Waals surface area contributed by atoms with Crippen LogP contribution in [0, 0.1) is 6.92 Å². The van der Waals surface area contributed by atoms with E-state index in [4.69, 9.17) is 44.3 Å². The molecule has 158 valence electrons. The van der Waals surface area contributed by atoms with E-state index in [1.54, 1.807) is 18.2 Å². The van der Waals surface area contributed by atoms with Crippen LogP contribution < -0.4 is 14.8 Å². The predicted octanol–water partition coefficient (Wildman–Crippen LogP) is 7.22. The van der Waals surface area contributed by atoms with Gasteiger partial charge in [0.1, 0.15) is 6.61 Å². The number of hydrogen-bond acceptors (Lipinski definition) is 3. The van der Waals surface area contributed by atoms with Crippen molar-refractivity contribution in [3.05, 3.63) is 91.9 Å². The third-order valence-electron chi connectivity index (χ3n) is 4.58. The topological polar surface area (TPSA) is 30.5 Å². The van der Waals surface area contributed by atoms with E-state index in [9.17, 15) is 0 Å². The van der Waals surface area contributed by atoms with Crippen LogP contribution in [0.25, 0.3) is 0 Å². The molecule has 3 aromatic carbocycles. The number of aryl methyl sites for hydroxylation is 1. The summed E-state index contributed by atoms with van der Waals surface area (Å²) >= 11 is 18.7. The SMILES string of the molecule is CCOc1cc(CNCc2ccc(C)cc2)c(Cl)cc1OCc1ccc(Cl)cc1Cl. The van der Waals surface area contributed by atoms with E-state index in [1.165, 1.54) is 11.1 Å². The summed E-state index contributed by atoms with van der Waals surface area (Å²) in [5, 5.41) is 5.19. The van der Waals surface area contributed by atoms with Crippen molar-refractivity contribution in [3.63, 3.8) is 0 Å². The van der Waals surface area contributed by atoms with Crippen molar-refractivity contribution in [1.82, 2.24) is 5.32 Å². The third-order valence-corrected chi connectivity index (χ3v) is 5.51. The minimum Gasteiger partial charge on any atom is -0.490 e. The van der Waals surface area contributed by atoms with Gasteiger partial charge in [-0.05, 0) is 43.2 Å². The van der Waals surface area contributed by atoms with Gasteiger partial charge in [-0.3, -0.25) is 0 Å². The van der Waals surface area contributed by atoms with Crippen LogP contribution in [0.15, 0.2) is 54.6 Å². The van der Waals surface area contributed by atoms with Gasteiger partial charge < -0.3 is 14.8 Å². The third kappa shape index (κ3) is 6.29. The van der Waals surface area contributed by atoms with Crippen molar-refractivity contribution in [1.29, 1.82) is 0 Å². The number of benzene rings is 3. The molecular formula is C24H24Cl3NO2. The standard InChI is InChI=1S/C24H24Cl3NO2/c1-3-29-23-10-19(14-28-13-17-6-4-16(2)5-7-17)22(27)12-24(23)30-15-18-8-9-20(25)11-21(18)26/h4-12,28H,3,13-15H2,1-2H3. The summed E-state index contributed by atoms with van der Waals surface area (Å²) in [5.74, 6) is 1.23. The molecule has 0 fully saturated rings. The van der Waals surface area contributed by atoms with E-state index in [-0.39, 0.29) is 6.61 Å². The lowest BCUT2D eigenvalue weighted by Gasteiger charge is -2.16. The van der Waals surface area contributed by atoms with Gasteiger partial charge in [-0.1, -0.05) is 70.7 Å². The first-order valence-corrected chi connectivity index (χ1v) is 10.9. The summed E-state index contributed by atoms with van der Waals surface area (Å²) in [6.07, 6.45) is 0. The molecule has 0 heterocycles. The number of hydrogen-bond donors (Lipinski definition) is 1. The van der Waals surface area contributed by atoms with Crippen molar-refractivity contribution in [2.24, 2.45) is 0 Å². The maximum absolute atomic E-state index is 6.52. The van der Waals surface area contributed by atoms with Gasteiger partial charge in [0.15, 0.2) is 11.5 Å². The molecular weight excluding hydrogens is 441 g/mol. The molecule has 3 aromatic rings. The molecule has 0 aromatic heterocycles. The highest BCUT2D eigenvalue weighted by Crippen LogP contribution is 2.35. The Morgan fingerprint density at radius 1 is 0.767 bits per heavy atom. The minimum atomic E-state index is 0.289. The highest BCUT2D eigenvalue weighted by Gasteiger charge is 2.12. The van der Waals surface area contributed by atoms with Crippen molar-refractivity contribution >= 4 is 34.8 Å². The van der Waals surface area contributed by atoms with Gasteiger partial charge in [0.25, 0.3) is 0 Å². The summed E-state index contributed by atoms with van der Waals surface area (Å²) in [5.41, 5.74) is 4.26. The Bertz CT molecular complexity index is 990. The number of halogens is 3. The highest BCUT2D eigenvalue weighted by molar-refractivity contribution is 6.35. The molecule has 0 amide bonds. The van der Waals surface area contributed by atoms with Crippen LogP contribution in [0.3, 0.4) is 0 Å². The number of rotatable bonds is 9. The van der Waals surface area contributed by atoms with Gasteiger partial charge in [0.2, 0.25) is 0 Å². The molecule has 0 aliphatic heterocycles. The molecule has 3 nitrogen and oxygen atoms in total. The first-order valence-electron chi connectivity index (χ1n) is 9.74. The molecule has 0 atom stereocenters. The molecule has 0 unspecified atom stereocenters. The van der Waals surface area contributed by atoms with Gasteiger partial charge in [-0.15, -0.1) is 0 Å². The quantitative estimate of drug-likeness (QED) is 0.362. The lowest BCUT2D eigenvalue weighted by molar-refractivity contribution is 0.269. The van der Waals surface area contributed by atoms with Crippen LogP contribution in [-0.4, -0.2) is 6.61 Å². The van der Waals surface area contributed by atoms with Crippen LogP contribution in [0.4, 0.5) is 0 Å². The van der Waals surface area contributed by atoms with E-state index in [0.717, 1.165) is 17.7 Å². The zero-order valence-corrected chi connectivity index (χ0v) is 19.2. The Labute approximate surface area is 192 Å². The zero-order chi connectivity index (χ0) is 21.5. The van der Waals surface area contributed by atoms with Crippen LogP contribution >= 0.6 is 34.8 Å². The molecule has 0 spiro atoms. The van der Waals surface area contributed by atoms with Crippen LogP contribution in [0.1, 0.15) is 29.2 Å². The van der Waals surface area contributed by atoms with Crippen molar-refractivity contribution in [2.45, 2.75) is 33.5 Å². The average molecular weight is 465 g/mol. The Kier molecular flexibility index (Phi) is 8.29. The van der Waals surface area contributed by atoms with Gasteiger partial charge in [0, 0.05) is 39.8 Å². The van der Waals surface area contributed by atoms with E-state index < -0.39 is 0 Å². The number of nitrogens with one attached hydrogen (secondary N) is 1. The van der Waals surface area contributed by atoms with Gasteiger partial charge in [0.05, 0.1) is 6.61 Å². The maximum atomic E-state index is 6.52. The summed E-state index contributed by atoms with van der Waals surface area (Å²) in [6, 6.07) is 17.5. The Balaban J connectivity index is 1.68. The molecule has 0 bridgehead atoms. The molecule has 3 rings (SSSR count).